The standard InChI is InChI=1S/C20H23BrN2O3/c1-20(2,3)26-19(25)23-10-4-5-17(23)18(24)12-16-15-7-6-14(21)11-13(15)8-9-22-16/h6-9,11,17H,4-5,10,12H2,1-3H3/t17-/m0/s1. The van der Waals surface area contributed by atoms with Crippen molar-refractivity contribution in [1.82, 2.24) is 9.88 Å². The molecule has 0 radical (unpaired) electrons. The summed E-state index contributed by atoms with van der Waals surface area (Å²) in [5.74, 6) is 0.0104. The summed E-state index contributed by atoms with van der Waals surface area (Å²) in [5.41, 5.74) is 0.175. The number of amides is 1. The minimum atomic E-state index is -0.572. The Labute approximate surface area is 161 Å². The van der Waals surface area contributed by atoms with E-state index in [9.17, 15) is 9.59 Å². The zero-order valence-corrected chi connectivity index (χ0v) is 16.9. The maximum absolute atomic E-state index is 12.9. The molecule has 0 aliphatic carbocycles. The Morgan fingerprint density at radius 1 is 1.31 bits per heavy atom. The molecule has 0 bridgehead atoms. The Bertz CT molecular complexity index is 845. The molecule has 0 unspecified atom stereocenters. The molecule has 0 N–H and O–H groups in total. The van der Waals surface area contributed by atoms with Crippen molar-refractivity contribution in [3.8, 4) is 0 Å². The van der Waals surface area contributed by atoms with Gasteiger partial charge in [0.15, 0.2) is 5.78 Å². The third-order valence-corrected chi connectivity index (χ3v) is 4.90. The molecule has 1 atom stereocenters. The second-order valence-corrected chi connectivity index (χ2v) is 8.51. The number of rotatable bonds is 3. The molecule has 3 rings (SSSR count). The number of nitrogens with zero attached hydrogens (tertiary/aromatic N) is 2. The highest BCUT2D eigenvalue weighted by molar-refractivity contribution is 9.10. The van der Waals surface area contributed by atoms with Gasteiger partial charge in [0.05, 0.1) is 18.2 Å². The SMILES string of the molecule is CC(C)(C)OC(=O)N1CCC[C@H]1C(=O)Cc1nccc2cc(Br)ccc12. The highest BCUT2D eigenvalue weighted by Crippen LogP contribution is 2.25. The van der Waals surface area contributed by atoms with Crippen LogP contribution in [0.5, 0.6) is 0 Å². The fourth-order valence-corrected chi connectivity index (χ4v) is 3.65. The second-order valence-electron chi connectivity index (χ2n) is 7.60. The Kier molecular flexibility index (Phi) is 5.32. The molecule has 1 aliphatic rings. The van der Waals surface area contributed by atoms with Crippen LogP contribution in [0.4, 0.5) is 4.79 Å². The molecule has 2 aromatic rings. The molecule has 1 aromatic heterocycles. The Hall–Kier alpha value is -1.95. The van der Waals surface area contributed by atoms with Crippen LogP contribution >= 0.6 is 15.9 Å². The zero-order valence-electron chi connectivity index (χ0n) is 15.3. The van der Waals surface area contributed by atoms with Gasteiger partial charge in [-0.25, -0.2) is 4.79 Å². The second kappa shape index (κ2) is 7.35. The van der Waals surface area contributed by atoms with E-state index < -0.39 is 17.7 Å². The van der Waals surface area contributed by atoms with E-state index in [2.05, 4.69) is 20.9 Å². The van der Waals surface area contributed by atoms with Crippen LogP contribution in [-0.2, 0) is 16.0 Å². The first-order valence-electron chi connectivity index (χ1n) is 8.80. The molecule has 1 fully saturated rings. The number of likely N-dealkylation sites (tertiary alicyclic amines) is 1. The van der Waals surface area contributed by atoms with Crippen LogP contribution in [-0.4, -0.2) is 39.9 Å². The predicted octanol–water partition coefficient (Wildman–Crippen LogP) is 4.51. The fraction of sp³-hybridized carbons (Fsp3) is 0.450. The number of halogens is 1. The van der Waals surface area contributed by atoms with Gasteiger partial charge in [0.2, 0.25) is 0 Å². The number of pyridine rings is 1. The van der Waals surface area contributed by atoms with Crippen LogP contribution < -0.4 is 0 Å². The van der Waals surface area contributed by atoms with Gasteiger partial charge in [-0.1, -0.05) is 22.0 Å². The monoisotopic (exact) mass is 418 g/mol. The molecule has 1 aliphatic heterocycles. The number of hydrogen-bond donors (Lipinski definition) is 0. The quantitative estimate of drug-likeness (QED) is 0.735. The van der Waals surface area contributed by atoms with E-state index in [1.165, 1.54) is 0 Å². The van der Waals surface area contributed by atoms with Crippen molar-refractivity contribution < 1.29 is 14.3 Å². The molecule has 1 aromatic carbocycles. The Balaban J connectivity index is 1.78. The summed E-state index contributed by atoms with van der Waals surface area (Å²) >= 11 is 3.46. The minimum absolute atomic E-state index is 0.0104. The van der Waals surface area contributed by atoms with Gasteiger partial charge in [-0.2, -0.15) is 0 Å². The number of aromatic nitrogens is 1. The van der Waals surface area contributed by atoms with Crippen molar-refractivity contribution in [2.45, 2.75) is 51.7 Å². The number of ether oxygens (including phenoxy) is 1. The maximum Gasteiger partial charge on any atom is 0.410 e. The molecule has 2 heterocycles. The van der Waals surface area contributed by atoms with E-state index in [4.69, 9.17) is 4.74 Å². The van der Waals surface area contributed by atoms with Crippen molar-refractivity contribution in [2.24, 2.45) is 0 Å². The molecule has 1 amide bonds. The summed E-state index contributed by atoms with van der Waals surface area (Å²) < 4.78 is 6.44. The van der Waals surface area contributed by atoms with Crippen LogP contribution in [0.2, 0.25) is 0 Å². The predicted molar refractivity (Wildman–Crippen MR) is 104 cm³/mol. The van der Waals surface area contributed by atoms with Gasteiger partial charge in [-0.15, -0.1) is 0 Å². The number of benzene rings is 1. The van der Waals surface area contributed by atoms with E-state index in [0.29, 0.717) is 13.0 Å². The molecule has 138 valence electrons. The van der Waals surface area contributed by atoms with E-state index in [1.54, 1.807) is 11.1 Å². The molecule has 5 nitrogen and oxygen atoms in total. The van der Waals surface area contributed by atoms with Crippen LogP contribution in [0.3, 0.4) is 0 Å². The summed E-state index contributed by atoms with van der Waals surface area (Å²) in [7, 11) is 0. The topological polar surface area (TPSA) is 59.5 Å². The number of carbonyl (C=O) groups is 2. The third-order valence-electron chi connectivity index (χ3n) is 4.40. The number of carbonyl (C=O) groups excluding carboxylic acids is 2. The third kappa shape index (κ3) is 4.23. The lowest BCUT2D eigenvalue weighted by Crippen LogP contribution is -2.43. The molecule has 1 saturated heterocycles. The Morgan fingerprint density at radius 3 is 2.81 bits per heavy atom. The van der Waals surface area contributed by atoms with Gasteiger partial charge in [-0.05, 0) is 57.2 Å². The first kappa shape index (κ1) is 18.8. The fourth-order valence-electron chi connectivity index (χ4n) is 3.28. The lowest BCUT2D eigenvalue weighted by molar-refractivity contribution is -0.122. The largest absolute Gasteiger partial charge is 0.444 e. The van der Waals surface area contributed by atoms with Crippen molar-refractivity contribution in [3.63, 3.8) is 0 Å². The zero-order chi connectivity index (χ0) is 18.9. The van der Waals surface area contributed by atoms with Gasteiger partial charge in [0.1, 0.15) is 5.60 Å². The molecular formula is C20H23BrN2O3. The summed E-state index contributed by atoms with van der Waals surface area (Å²) in [6.07, 6.45) is 3.00. The van der Waals surface area contributed by atoms with Crippen LogP contribution in [0.25, 0.3) is 10.8 Å². The number of ketones is 1. The van der Waals surface area contributed by atoms with E-state index in [0.717, 1.165) is 27.4 Å². The van der Waals surface area contributed by atoms with Crippen LogP contribution in [0.1, 0.15) is 39.3 Å². The molecule has 26 heavy (non-hydrogen) atoms. The highest BCUT2D eigenvalue weighted by atomic mass is 79.9. The van der Waals surface area contributed by atoms with Crippen molar-refractivity contribution in [1.29, 1.82) is 0 Å². The molecule has 0 saturated carbocycles. The van der Waals surface area contributed by atoms with E-state index in [-0.39, 0.29) is 12.2 Å². The first-order chi connectivity index (χ1) is 12.2. The van der Waals surface area contributed by atoms with E-state index >= 15 is 0 Å². The maximum atomic E-state index is 12.9. The number of hydrogen-bond acceptors (Lipinski definition) is 4. The first-order valence-corrected chi connectivity index (χ1v) is 9.59. The van der Waals surface area contributed by atoms with Gasteiger partial charge >= 0.3 is 6.09 Å². The molecule has 6 heteroatoms. The lowest BCUT2D eigenvalue weighted by Gasteiger charge is -2.28. The van der Waals surface area contributed by atoms with E-state index in [1.807, 2.05) is 45.0 Å². The van der Waals surface area contributed by atoms with Crippen molar-refractivity contribution >= 4 is 38.6 Å². The molecular weight excluding hydrogens is 396 g/mol. The van der Waals surface area contributed by atoms with Gasteiger partial charge in [0, 0.05) is 22.6 Å². The number of fused-ring (bicyclic) bond motifs is 1. The molecule has 0 spiro atoms. The smallest absolute Gasteiger partial charge is 0.410 e. The van der Waals surface area contributed by atoms with Gasteiger partial charge < -0.3 is 4.74 Å². The summed E-state index contributed by atoms with van der Waals surface area (Å²) in [5, 5.41) is 2.00. The summed E-state index contributed by atoms with van der Waals surface area (Å²) in [6.45, 7) is 6.04. The van der Waals surface area contributed by atoms with Crippen molar-refractivity contribution in [3.05, 3.63) is 40.6 Å². The average molecular weight is 419 g/mol. The van der Waals surface area contributed by atoms with Gasteiger partial charge in [0.25, 0.3) is 0 Å². The normalized spacial score (nSPS) is 17.5. The summed E-state index contributed by atoms with van der Waals surface area (Å²) in [4.78, 5) is 31.3. The average Bonchev–Trinajstić information content (AvgIpc) is 3.03. The highest BCUT2D eigenvalue weighted by Gasteiger charge is 2.36. The van der Waals surface area contributed by atoms with Crippen LogP contribution in [0, 0.1) is 0 Å². The lowest BCUT2D eigenvalue weighted by atomic mass is 10.0. The minimum Gasteiger partial charge on any atom is -0.444 e. The Morgan fingerprint density at radius 2 is 2.08 bits per heavy atom. The van der Waals surface area contributed by atoms with Gasteiger partial charge in [-0.3, -0.25) is 14.7 Å². The van der Waals surface area contributed by atoms with Crippen molar-refractivity contribution in [2.75, 3.05) is 6.54 Å². The number of Topliss-reactive ketones (excluding diaryl/α,β-unsaturated/α-hetero) is 1. The summed E-state index contributed by atoms with van der Waals surface area (Å²) in [6, 6.07) is 7.41. The van der Waals surface area contributed by atoms with Crippen LogP contribution in [0.15, 0.2) is 34.9 Å².